The molecule has 12 heteroatoms. The molecule has 12 nitrogen and oxygen atoms in total. The number of hydrogen-bond donors (Lipinski definition) is 4. The van der Waals surface area contributed by atoms with Crippen LogP contribution in [0.15, 0.2) is 0 Å². The number of hydrogen-bond acceptors (Lipinski definition) is 8. The molecular formula is C31H58N4O8. The van der Waals surface area contributed by atoms with E-state index >= 15 is 0 Å². The fourth-order valence-electron chi connectivity index (χ4n) is 4.10. The number of methoxy groups -OCH3 is 1. The summed E-state index contributed by atoms with van der Waals surface area (Å²) >= 11 is 0. The zero-order valence-electron chi connectivity index (χ0n) is 28.0. The first-order valence-electron chi connectivity index (χ1n) is 15.7. The van der Waals surface area contributed by atoms with Gasteiger partial charge < -0.3 is 35.5 Å². The van der Waals surface area contributed by atoms with Gasteiger partial charge >= 0.3 is 18.2 Å². The molecule has 0 aliphatic rings. The number of carbonyl (C=O) groups excluding carboxylic acids is 5. The maximum atomic E-state index is 13.4. The molecule has 0 aromatic carbocycles. The van der Waals surface area contributed by atoms with E-state index in [-0.39, 0.29) is 6.42 Å². The lowest BCUT2D eigenvalue weighted by Gasteiger charge is -2.26. The highest BCUT2D eigenvalue weighted by atomic mass is 16.6. The molecule has 0 rings (SSSR count). The van der Waals surface area contributed by atoms with Crippen LogP contribution in [0.2, 0.25) is 0 Å². The zero-order valence-corrected chi connectivity index (χ0v) is 28.0. The lowest BCUT2D eigenvalue weighted by Crippen LogP contribution is -2.56. The molecule has 0 aliphatic carbocycles. The average Bonchev–Trinajstić information content (AvgIpc) is 2.88. The standard InChI is InChI=1S/C31H58N4O8/c1-10-12-14-18-23(35-29(40)43-31(6,7)8)26(37)33-22(19-16-17-21-32-28(39)42-30(3,4)5)25(36)34-24(27(38)41-9)20-15-13-11-2/h22-24H,10-21H2,1-9H3,(H,32,39)(H,33,37)(H,34,36)(H,35,40)/t22-,23+,24?/m0/s1. The summed E-state index contributed by atoms with van der Waals surface area (Å²) in [6.07, 6.45) is 5.81. The molecule has 0 aromatic heterocycles. The first kappa shape index (κ1) is 40.0. The molecule has 0 aliphatic heterocycles. The number of ether oxygens (including phenoxy) is 3. The van der Waals surface area contributed by atoms with Gasteiger partial charge in [0.15, 0.2) is 0 Å². The van der Waals surface area contributed by atoms with E-state index in [0.29, 0.717) is 38.6 Å². The van der Waals surface area contributed by atoms with Crippen molar-refractivity contribution in [2.45, 2.75) is 155 Å². The van der Waals surface area contributed by atoms with Crippen molar-refractivity contribution in [3.63, 3.8) is 0 Å². The average molecular weight is 615 g/mol. The smallest absolute Gasteiger partial charge is 0.408 e. The van der Waals surface area contributed by atoms with Crippen LogP contribution in [0, 0.1) is 0 Å². The van der Waals surface area contributed by atoms with Gasteiger partial charge in [0.05, 0.1) is 7.11 Å². The van der Waals surface area contributed by atoms with Gasteiger partial charge in [0.2, 0.25) is 11.8 Å². The Labute approximate surface area is 258 Å². The first-order chi connectivity index (χ1) is 20.0. The molecule has 250 valence electrons. The molecule has 0 bridgehead atoms. The Kier molecular flexibility index (Phi) is 19.3. The fraction of sp³-hybridized carbons (Fsp3) is 0.839. The predicted molar refractivity (Wildman–Crippen MR) is 165 cm³/mol. The molecule has 4 N–H and O–H groups in total. The molecule has 0 aromatic rings. The quantitative estimate of drug-likeness (QED) is 0.0910. The van der Waals surface area contributed by atoms with Gasteiger partial charge in [-0.25, -0.2) is 14.4 Å². The van der Waals surface area contributed by atoms with Gasteiger partial charge in [-0.1, -0.05) is 52.4 Å². The number of esters is 1. The molecular weight excluding hydrogens is 556 g/mol. The molecule has 1 unspecified atom stereocenters. The van der Waals surface area contributed by atoms with Gasteiger partial charge in [-0.15, -0.1) is 0 Å². The largest absolute Gasteiger partial charge is 0.467 e. The Bertz CT molecular complexity index is 867. The third kappa shape index (κ3) is 20.5. The molecule has 4 amide bonds. The second-order valence-corrected chi connectivity index (χ2v) is 12.8. The van der Waals surface area contributed by atoms with Gasteiger partial charge in [0.1, 0.15) is 29.3 Å². The lowest BCUT2D eigenvalue weighted by molar-refractivity contribution is -0.145. The maximum Gasteiger partial charge on any atom is 0.408 e. The van der Waals surface area contributed by atoms with E-state index in [1.54, 1.807) is 41.5 Å². The SMILES string of the molecule is CCCCCC(NC(=O)[C@H](CCCCNC(=O)OC(C)(C)C)NC(=O)[C@@H](CCCCC)NC(=O)OC(C)(C)C)C(=O)OC. The minimum atomic E-state index is -0.985. The maximum absolute atomic E-state index is 13.4. The van der Waals surface area contributed by atoms with Crippen molar-refractivity contribution < 1.29 is 38.2 Å². The Morgan fingerprint density at radius 1 is 0.581 bits per heavy atom. The van der Waals surface area contributed by atoms with E-state index in [4.69, 9.17) is 14.2 Å². The molecule has 0 heterocycles. The van der Waals surface area contributed by atoms with E-state index in [0.717, 1.165) is 32.1 Å². The molecule has 0 fully saturated rings. The number of rotatable bonds is 19. The number of carbonyl (C=O) groups is 5. The van der Waals surface area contributed by atoms with E-state index in [2.05, 4.69) is 21.3 Å². The van der Waals surface area contributed by atoms with Crippen LogP contribution in [0.25, 0.3) is 0 Å². The normalized spacial score (nSPS) is 13.6. The predicted octanol–water partition coefficient (Wildman–Crippen LogP) is 4.88. The third-order valence-electron chi connectivity index (χ3n) is 6.22. The Morgan fingerprint density at radius 3 is 1.47 bits per heavy atom. The highest BCUT2D eigenvalue weighted by molar-refractivity contribution is 5.93. The Hall–Kier alpha value is -3.05. The molecule has 0 radical (unpaired) electrons. The summed E-state index contributed by atoms with van der Waals surface area (Å²) in [6, 6.07) is -2.74. The monoisotopic (exact) mass is 614 g/mol. The molecule has 3 atom stereocenters. The number of nitrogens with one attached hydrogen (secondary N) is 4. The molecule has 0 saturated heterocycles. The van der Waals surface area contributed by atoms with Gasteiger partial charge in [0.25, 0.3) is 0 Å². The van der Waals surface area contributed by atoms with Crippen LogP contribution >= 0.6 is 0 Å². The van der Waals surface area contributed by atoms with Crippen molar-refractivity contribution in [3.8, 4) is 0 Å². The number of amides is 4. The summed E-state index contributed by atoms with van der Waals surface area (Å²) in [4.78, 5) is 63.7. The number of alkyl carbamates (subject to hydrolysis) is 2. The Balaban J connectivity index is 5.66. The van der Waals surface area contributed by atoms with Crippen LogP contribution in [0.4, 0.5) is 9.59 Å². The van der Waals surface area contributed by atoms with E-state index in [1.165, 1.54) is 7.11 Å². The fourth-order valence-corrected chi connectivity index (χ4v) is 4.10. The lowest BCUT2D eigenvalue weighted by atomic mass is 10.0. The van der Waals surface area contributed by atoms with Crippen molar-refractivity contribution in [1.82, 2.24) is 21.3 Å². The second-order valence-electron chi connectivity index (χ2n) is 12.8. The topological polar surface area (TPSA) is 161 Å². The first-order valence-corrected chi connectivity index (χ1v) is 15.7. The van der Waals surface area contributed by atoms with Gasteiger partial charge in [-0.2, -0.15) is 0 Å². The minimum Gasteiger partial charge on any atom is -0.467 e. The highest BCUT2D eigenvalue weighted by Gasteiger charge is 2.30. The van der Waals surface area contributed by atoms with Crippen LogP contribution in [0.1, 0.15) is 126 Å². The van der Waals surface area contributed by atoms with Gasteiger partial charge in [0, 0.05) is 6.54 Å². The van der Waals surface area contributed by atoms with E-state index in [1.807, 2.05) is 13.8 Å². The van der Waals surface area contributed by atoms with Gasteiger partial charge in [-0.05, 0) is 73.6 Å². The van der Waals surface area contributed by atoms with Crippen LogP contribution < -0.4 is 21.3 Å². The van der Waals surface area contributed by atoms with Crippen LogP contribution in [-0.2, 0) is 28.6 Å². The van der Waals surface area contributed by atoms with Crippen molar-refractivity contribution in [3.05, 3.63) is 0 Å². The van der Waals surface area contributed by atoms with Crippen molar-refractivity contribution in [2.24, 2.45) is 0 Å². The minimum absolute atomic E-state index is 0.241. The van der Waals surface area contributed by atoms with Crippen LogP contribution in [-0.4, -0.2) is 73.0 Å². The van der Waals surface area contributed by atoms with E-state index < -0.39 is 59.3 Å². The van der Waals surface area contributed by atoms with Crippen LogP contribution in [0.5, 0.6) is 0 Å². The van der Waals surface area contributed by atoms with Crippen molar-refractivity contribution in [2.75, 3.05) is 13.7 Å². The van der Waals surface area contributed by atoms with Crippen molar-refractivity contribution in [1.29, 1.82) is 0 Å². The van der Waals surface area contributed by atoms with Crippen LogP contribution in [0.3, 0.4) is 0 Å². The summed E-state index contributed by atoms with van der Waals surface area (Å²) in [6.45, 7) is 14.9. The van der Waals surface area contributed by atoms with E-state index in [9.17, 15) is 24.0 Å². The third-order valence-corrected chi connectivity index (χ3v) is 6.22. The zero-order chi connectivity index (χ0) is 33.1. The summed E-state index contributed by atoms with van der Waals surface area (Å²) < 4.78 is 15.5. The summed E-state index contributed by atoms with van der Waals surface area (Å²) in [5, 5.41) is 10.9. The molecule has 43 heavy (non-hydrogen) atoms. The summed E-state index contributed by atoms with van der Waals surface area (Å²) in [5.74, 6) is -1.60. The number of unbranched alkanes of at least 4 members (excludes halogenated alkanes) is 5. The second kappa shape index (κ2) is 20.8. The molecule has 0 spiro atoms. The molecule has 0 saturated carbocycles. The van der Waals surface area contributed by atoms with Gasteiger partial charge in [-0.3, -0.25) is 9.59 Å². The Morgan fingerprint density at radius 2 is 1.00 bits per heavy atom. The summed E-state index contributed by atoms with van der Waals surface area (Å²) in [7, 11) is 1.27. The summed E-state index contributed by atoms with van der Waals surface area (Å²) in [5.41, 5.74) is -1.36. The highest BCUT2D eigenvalue weighted by Crippen LogP contribution is 2.12. The van der Waals surface area contributed by atoms with Crippen molar-refractivity contribution >= 4 is 30.0 Å².